The summed E-state index contributed by atoms with van der Waals surface area (Å²) in [5, 5.41) is 23.2. The number of aromatic nitrogens is 2. The minimum absolute atomic E-state index is 0.0369. The normalized spacial score (nSPS) is 12.8. The van der Waals surface area contributed by atoms with Crippen LogP contribution in [0.15, 0.2) is 42.6 Å². The first-order valence-corrected chi connectivity index (χ1v) is 10.0. The van der Waals surface area contributed by atoms with Crippen LogP contribution in [0.1, 0.15) is 15.9 Å². The fourth-order valence-corrected chi connectivity index (χ4v) is 3.35. The number of carbonyl (C=O) groups is 1. The lowest BCUT2D eigenvalue weighted by Crippen LogP contribution is -2.29. The van der Waals surface area contributed by atoms with Crippen LogP contribution in [0.25, 0.3) is 11.3 Å². The Morgan fingerprint density at radius 1 is 1.12 bits per heavy atom. The highest BCUT2D eigenvalue weighted by atomic mass is 19.4. The van der Waals surface area contributed by atoms with Gasteiger partial charge in [-0.25, -0.2) is 0 Å². The molecule has 0 aliphatic carbocycles. The molecule has 34 heavy (non-hydrogen) atoms. The van der Waals surface area contributed by atoms with E-state index in [1.54, 1.807) is 18.2 Å². The molecule has 0 saturated carbocycles. The summed E-state index contributed by atoms with van der Waals surface area (Å²) in [6.07, 6.45) is -3.34. The van der Waals surface area contributed by atoms with E-state index < -0.39 is 28.3 Å². The van der Waals surface area contributed by atoms with Gasteiger partial charge in [-0.1, -0.05) is 0 Å². The van der Waals surface area contributed by atoms with E-state index in [0.717, 1.165) is 12.1 Å². The van der Waals surface area contributed by atoms with Crippen molar-refractivity contribution in [3.8, 4) is 22.8 Å². The minimum Gasteiger partial charge on any atom is -0.486 e. The fourth-order valence-electron chi connectivity index (χ4n) is 3.35. The molecule has 178 valence electrons. The Hall–Kier alpha value is -4.29. The summed E-state index contributed by atoms with van der Waals surface area (Å²) in [6.45, 7) is 0.947. The summed E-state index contributed by atoms with van der Waals surface area (Å²) in [5.74, 6) is 0.693. The van der Waals surface area contributed by atoms with Crippen molar-refractivity contribution in [3.05, 3.63) is 63.8 Å². The van der Waals surface area contributed by atoms with Crippen molar-refractivity contribution in [1.29, 1.82) is 0 Å². The van der Waals surface area contributed by atoms with Crippen LogP contribution in [0.5, 0.6) is 11.5 Å². The molecular formula is C21H18F3N5O5. The quantitative estimate of drug-likeness (QED) is 0.269. The van der Waals surface area contributed by atoms with Crippen molar-refractivity contribution >= 4 is 17.3 Å². The van der Waals surface area contributed by atoms with Gasteiger partial charge in [-0.15, -0.1) is 0 Å². The van der Waals surface area contributed by atoms with Gasteiger partial charge in [0.2, 0.25) is 0 Å². The number of fused-ring (bicyclic) bond motifs is 1. The van der Waals surface area contributed by atoms with E-state index in [2.05, 4.69) is 20.8 Å². The number of benzene rings is 2. The Morgan fingerprint density at radius 3 is 2.62 bits per heavy atom. The van der Waals surface area contributed by atoms with E-state index in [0.29, 0.717) is 42.0 Å². The summed E-state index contributed by atoms with van der Waals surface area (Å²) >= 11 is 0. The molecule has 1 aromatic heterocycles. The van der Waals surface area contributed by atoms with Crippen LogP contribution in [0, 0.1) is 10.1 Å². The van der Waals surface area contributed by atoms with Gasteiger partial charge in [0.25, 0.3) is 11.6 Å². The third kappa shape index (κ3) is 4.87. The van der Waals surface area contributed by atoms with Gasteiger partial charge in [0.15, 0.2) is 11.5 Å². The number of H-pyrrole nitrogens is 1. The Bertz CT molecular complexity index is 1230. The molecule has 0 atom stereocenters. The molecule has 10 nitrogen and oxygen atoms in total. The van der Waals surface area contributed by atoms with Crippen LogP contribution in [0.2, 0.25) is 0 Å². The standard InChI is InChI=1S/C21H18F3N5O5/c22-21(23,24)13-2-3-15(16(10-13)29(31)32)25-5-6-26-20(30)14-11-27-28-19(14)12-1-4-17-18(9-12)34-8-7-33-17/h1-4,9-11,25H,5-8H2,(H,26,30)(H,27,28). The molecule has 2 heterocycles. The van der Waals surface area contributed by atoms with Gasteiger partial charge < -0.3 is 20.1 Å². The van der Waals surface area contributed by atoms with Crippen molar-refractivity contribution < 1.29 is 32.4 Å². The molecule has 0 spiro atoms. The predicted octanol–water partition coefficient (Wildman–Crippen LogP) is 3.62. The van der Waals surface area contributed by atoms with Crippen molar-refractivity contribution in [1.82, 2.24) is 15.5 Å². The second kappa shape index (κ2) is 9.29. The van der Waals surface area contributed by atoms with Gasteiger partial charge in [-0.3, -0.25) is 20.0 Å². The molecule has 0 saturated heterocycles. The van der Waals surface area contributed by atoms with Gasteiger partial charge in [0.1, 0.15) is 18.9 Å². The smallest absolute Gasteiger partial charge is 0.416 e. The number of nitro groups is 1. The second-order valence-corrected chi connectivity index (χ2v) is 7.19. The van der Waals surface area contributed by atoms with Gasteiger partial charge in [0.05, 0.1) is 27.9 Å². The zero-order valence-electron chi connectivity index (χ0n) is 17.4. The molecule has 1 amide bonds. The third-order valence-corrected chi connectivity index (χ3v) is 4.96. The first kappa shape index (κ1) is 22.9. The molecule has 0 unspecified atom stereocenters. The maximum atomic E-state index is 12.8. The average molecular weight is 477 g/mol. The molecule has 0 bridgehead atoms. The Labute approximate surface area is 190 Å². The first-order chi connectivity index (χ1) is 16.2. The van der Waals surface area contributed by atoms with Crippen molar-refractivity contribution in [2.75, 3.05) is 31.6 Å². The van der Waals surface area contributed by atoms with E-state index in [9.17, 15) is 28.1 Å². The minimum atomic E-state index is -4.70. The highest BCUT2D eigenvalue weighted by Crippen LogP contribution is 2.36. The van der Waals surface area contributed by atoms with Crippen molar-refractivity contribution in [3.63, 3.8) is 0 Å². The third-order valence-electron chi connectivity index (χ3n) is 4.96. The number of rotatable bonds is 7. The van der Waals surface area contributed by atoms with Crippen LogP contribution >= 0.6 is 0 Å². The zero-order chi connectivity index (χ0) is 24.3. The van der Waals surface area contributed by atoms with E-state index >= 15 is 0 Å². The highest BCUT2D eigenvalue weighted by Gasteiger charge is 2.33. The molecule has 2 aromatic carbocycles. The van der Waals surface area contributed by atoms with Crippen LogP contribution in [0.3, 0.4) is 0 Å². The number of halogens is 3. The zero-order valence-corrected chi connectivity index (χ0v) is 17.4. The topological polar surface area (TPSA) is 131 Å². The Balaban J connectivity index is 1.39. The molecule has 13 heteroatoms. The maximum Gasteiger partial charge on any atom is 0.416 e. The van der Waals surface area contributed by atoms with Crippen molar-refractivity contribution in [2.24, 2.45) is 0 Å². The van der Waals surface area contributed by atoms with E-state index in [-0.39, 0.29) is 24.3 Å². The number of nitro benzene ring substituents is 1. The summed E-state index contributed by atoms with van der Waals surface area (Å²) in [5.41, 5.74) is -0.544. The number of aromatic amines is 1. The van der Waals surface area contributed by atoms with Gasteiger partial charge in [-0.05, 0) is 30.3 Å². The van der Waals surface area contributed by atoms with Crippen molar-refractivity contribution in [2.45, 2.75) is 6.18 Å². The number of nitrogens with one attached hydrogen (secondary N) is 3. The van der Waals surface area contributed by atoms with Gasteiger partial charge >= 0.3 is 6.18 Å². The SMILES string of the molecule is O=C(NCCNc1ccc(C(F)(F)F)cc1[N+](=O)[O-])c1cn[nH]c1-c1ccc2c(c1)OCCO2. The number of hydrogen-bond acceptors (Lipinski definition) is 7. The lowest BCUT2D eigenvalue weighted by molar-refractivity contribution is -0.384. The first-order valence-electron chi connectivity index (χ1n) is 10.0. The number of anilines is 1. The fraction of sp³-hybridized carbons (Fsp3) is 0.238. The van der Waals surface area contributed by atoms with Gasteiger partial charge in [-0.2, -0.15) is 18.3 Å². The molecule has 4 rings (SSSR count). The number of amides is 1. The number of hydrogen-bond donors (Lipinski definition) is 3. The summed E-state index contributed by atoms with van der Waals surface area (Å²) in [6, 6.07) is 7.41. The molecule has 0 fully saturated rings. The van der Waals surface area contributed by atoms with Crippen LogP contribution in [-0.2, 0) is 6.18 Å². The second-order valence-electron chi connectivity index (χ2n) is 7.19. The van der Waals surface area contributed by atoms with E-state index in [1.165, 1.54) is 6.20 Å². The van der Waals surface area contributed by atoms with Crippen LogP contribution in [0.4, 0.5) is 24.5 Å². The van der Waals surface area contributed by atoms with E-state index in [1.807, 2.05) is 0 Å². The largest absolute Gasteiger partial charge is 0.486 e. The molecule has 1 aliphatic heterocycles. The maximum absolute atomic E-state index is 12.8. The Kier molecular flexibility index (Phi) is 6.25. The molecule has 3 aromatic rings. The number of alkyl halides is 3. The summed E-state index contributed by atoms with van der Waals surface area (Å²) < 4.78 is 49.5. The summed E-state index contributed by atoms with van der Waals surface area (Å²) in [4.78, 5) is 22.9. The lowest BCUT2D eigenvalue weighted by atomic mass is 10.1. The number of nitrogens with zero attached hydrogens (tertiary/aromatic N) is 2. The van der Waals surface area contributed by atoms with Crippen LogP contribution < -0.4 is 20.1 Å². The van der Waals surface area contributed by atoms with Crippen LogP contribution in [-0.4, -0.2) is 47.3 Å². The molecular weight excluding hydrogens is 459 g/mol. The average Bonchev–Trinajstić information content (AvgIpc) is 3.31. The molecule has 1 aliphatic rings. The highest BCUT2D eigenvalue weighted by molar-refractivity contribution is 5.99. The lowest BCUT2D eigenvalue weighted by Gasteiger charge is -2.18. The Morgan fingerprint density at radius 2 is 1.88 bits per heavy atom. The monoisotopic (exact) mass is 477 g/mol. The number of ether oxygens (including phenoxy) is 2. The molecule has 0 radical (unpaired) electrons. The van der Waals surface area contributed by atoms with E-state index in [4.69, 9.17) is 9.47 Å². The summed E-state index contributed by atoms with van der Waals surface area (Å²) in [7, 11) is 0. The number of carbonyl (C=O) groups excluding carboxylic acids is 1. The predicted molar refractivity (Wildman–Crippen MR) is 114 cm³/mol. The molecule has 3 N–H and O–H groups in total. The van der Waals surface area contributed by atoms with Gasteiger partial charge in [0, 0.05) is 24.7 Å².